The molecule has 0 atom stereocenters. The Hall–Kier alpha value is 1.05. The summed E-state index contributed by atoms with van der Waals surface area (Å²) in [5, 5.41) is 0. The third-order valence-electron chi connectivity index (χ3n) is 0.784. The van der Waals surface area contributed by atoms with E-state index in [2.05, 4.69) is 29.8 Å². The topological polar surface area (TPSA) is 0 Å². The van der Waals surface area contributed by atoms with Crippen LogP contribution in [-0.2, 0) is 0 Å². The SMILES string of the molecule is CSC1SCCS1. The standard InChI is InChI=1S/C4H8S3/c1-5-4-6-2-3-7-4/h4H,2-3H2,1H3. The van der Waals surface area contributed by atoms with Gasteiger partial charge in [-0.3, -0.25) is 0 Å². The molecule has 0 bridgehead atoms. The molecule has 0 aromatic carbocycles. The zero-order valence-electron chi connectivity index (χ0n) is 4.22. The number of hydrogen-bond acceptors (Lipinski definition) is 3. The molecule has 1 heterocycles. The monoisotopic (exact) mass is 152 g/mol. The number of hydrogen-bond donors (Lipinski definition) is 0. The van der Waals surface area contributed by atoms with Gasteiger partial charge in [-0.1, -0.05) is 0 Å². The second-order valence-electron chi connectivity index (χ2n) is 1.27. The molecule has 1 fully saturated rings. The highest BCUT2D eigenvalue weighted by atomic mass is 32.3. The molecule has 0 radical (unpaired) electrons. The van der Waals surface area contributed by atoms with Crippen molar-refractivity contribution in [2.75, 3.05) is 17.8 Å². The van der Waals surface area contributed by atoms with Gasteiger partial charge in [0.25, 0.3) is 0 Å². The minimum absolute atomic E-state index is 0.847. The quantitative estimate of drug-likeness (QED) is 0.565. The summed E-state index contributed by atoms with van der Waals surface area (Å²) in [5.41, 5.74) is 0. The molecule has 1 aliphatic heterocycles. The van der Waals surface area contributed by atoms with Crippen LogP contribution < -0.4 is 0 Å². The molecule has 7 heavy (non-hydrogen) atoms. The lowest BCUT2D eigenvalue weighted by Crippen LogP contribution is -1.76. The molecule has 42 valence electrons. The first kappa shape index (κ1) is 6.17. The molecule has 0 N–H and O–H groups in total. The Morgan fingerprint density at radius 1 is 1.43 bits per heavy atom. The van der Waals surface area contributed by atoms with Gasteiger partial charge in [-0.05, 0) is 6.26 Å². The summed E-state index contributed by atoms with van der Waals surface area (Å²) < 4.78 is 0.847. The summed E-state index contributed by atoms with van der Waals surface area (Å²) in [6.07, 6.45) is 2.18. The summed E-state index contributed by atoms with van der Waals surface area (Å²) in [4.78, 5) is 0. The Bertz CT molecular complexity index is 48.9. The maximum Gasteiger partial charge on any atom is 0.0953 e. The first-order valence-corrected chi connectivity index (χ1v) is 5.58. The van der Waals surface area contributed by atoms with E-state index in [-0.39, 0.29) is 0 Å². The highest BCUT2D eigenvalue weighted by Crippen LogP contribution is 2.38. The second-order valence-corrected chi connectivity index (χ2v) is 5.53. The fraction of sp³-hybridized carbons (Fsp3) is 1.00. The van der Waals surface area contributed by atoms with E-state index in [0.717, 1.165) is 3.91 Å². The van der Waals surface area contributed by atoms with Crippen LogP contribution in [0.1, 0.15) is 0 Å². The molecule has 0 amide bonds. The fourth-order valence-electron chi connectivity index (χ4n) is 0.473. The Kier molecular flexibility index (Phi) is 2.78. The molecule has 0 spiro atoms. The van der Waals surface area contributed by atoms with E-state index in [1.54, 1.807) is 0 Å². The third-order valence-corrected chi connectivity index (χ3v) is 5.64. The van der Waals surface area contributed by atoms with Gasteiger partial charge in [-0.15, -0.1) is 35.3 Å². The normalized spacial score (nSPS) is 23.6. The van der Waals surface area contributed by atoms with E-state index in [1.165, 1.54) is 11.5 Å². The second kappa shape index (κ2) is 3.15. The van der Waals surface area contributed by atoms with Crippen molar-refractivity contribution in [3.8, 4) is 0 Å². The Labute approximate surface area is 57.2 Å². The Morgan fingerprint density at radius 2 is 2.00 bits per heavy atom. The van der Waals surface area contributed by atoms with Crippen molar-refractivity contribution in [1.82, 2.24) is 0 Å². The molecule has 0 unspecified atom stereocenters. The smallest absolute Gasteiger partial charge is 0.0953 e. The summed E-state index contributed by atoms with van der Waals surface area (Å²) in [7, 11) is 0. The van der Waals surface area contributed by atoms with Crippen molar-refractivity contribution in [3.05, 3.63) is 0 Å². The van der Waals surface area contributed by atoms with Crippen LogP contribution >= 0.6 is 35.3 Å². The number of rotatable bonds is 1. The van der Waals surface area contributed by atoms with Gasteiger partial charge < -0.3 is 0 Å². The number of thioether (sulfide) groups is 3. The first-order valence-electron chi connectivity index (χ1n) is 2.19. The Morgan fingerprint density at radius 3 is 2.29 bits per heavy atom. The van der Waals surface area contributed by atoms with E-state index < -0.39 is 0 Å². The Balaban J connectivity index is 2.14. The molecule has 0 saturated carbocycles. The minimum atomic E-state index is 0.847. The molecular formula is C4H8S3. The van der Waals surface area contributed by atoms with Gasteiger partial charge in [0.15, 0.2) is 0 Å². The largest absolute Gasteiger partial charge is 0.140 e. The fourth-order valence-corrected chi connectivity index (χ4v) is 4.26. The molecule has 0 nitrogen and oxygen atoms in total. The van der Waals surface area contributed by atoms with E-state index in [0.29, 0.717) is 0 Å². The molecule has 1 saturated heterocycles. The lowest BCUT2D eigenvalue weighted by molar-refractivity contribution is 1.59. The van der Waals surface area contributed by atoms with Crippen LogP contribution in [0, 0.1) is 0 Å². The molecule has 3 heteroatoms. The highest BCUT2D eigenvalue weighted by molar-refractivity contribution is 8.34. The maximum atomic E-state index is 2.18. The summed E-state index contributed by atoms with van der Waals surface area (Å²) in [5.74, 6) is 2.71. The van der Waals surface area contributed by atoms with Gasteiger partial charge in [-0.25, -0.2) is 0 Å². The van der Waals surface area contributed by atoms with Gasteiger partial charge in [0, 0.05) is 11.5 Å². The predicted molar refractivity (Wildman–Crippen MR) is 42.2 cm³/mol. The highest BCUT2D eigenvalue weighted by Gasteiger charge is 2.12. The minimum Gasteiger partial charge on any atom is -0.140 e. The summed E-state index contributed by atoms with van der Waals surface area (Å²) >= 11 is 6.09. The average molecular weight is 152 g/mol. The molecule has 0 aromatic heterocycles. The van der Waals surface area contributed by atoms with Crippen LogP contribution in [0.4, 0.5) is 0 Å². The molecule has 1 aliphatic rings. The van der Waals surface area contributed by atoms with Crippen molar-refractivity contribution in [2.24, 2.45) is 0 Å². The van der Waals surface area contributed by atoms with E-state index in [4.69, 9.17) is 0 Å². The van der Waals surface area contributed by atoms with Gasteiger partial charge in [-0.2, -0.15) is 0 Å². The molecule has 0 aromatic rings. The van der Waals surface area contributed by atoms with E-state index >= 15 is 0 Å². The van der Waals surface area contributed by atoms with E-state index in [9.17, 15) is 0 Å². The first-order chi connectivity index (χ1) is 3.43. The van der Waals surface area contributed by atoms with Crippen LogP contribution in [0.15, 0.2) is 0 Å². The zero-order chi connectivity index (χ0) is 5.11. The maximum absolute atomic E-state index is 2.18. The van der Waals surface area contributed by atoms with Crippen LogP contribution in [0.5, 0.6) is 0 Å². The van der Waals surface area contributed by atoms with Gasteiger partial charge >= 0.3 is 0 Å². The van der Waals surface area contributed by atoms with Crippen molar-refractivity contribution < 1.29 is 0 Å². The molecular weight excluding hydrogens is 144 g/mol. The van der Waals surface area contributed by atoms with Gasteiger partial charge in [0.1, 0.15) is 0 Å². The van der Waals surface area contributed by atoms with Gasteiger partial charge in [0.05, 0.1) is 3.91 Å². The van der Waals surface area contributed by atoms with Crippen LogP contribution in [0.2, 0.25) is 0 Å². The lowest BCUT2D eigenvalue weighted by Gasteiger charge is -1.98. The van der Waals surface area contributed by atoms with Crippen molar-refractivity contribution in [2.45, 2.75) is 3.91 Å². The van der Waals surface area contributed by atoms with Crippen molar-refractivity contribution in [1.29, 1.82) is 0 Å². The van der Waals surface area contributed by atoms with Crippen molar-refractivity contribution in [3.63, 3.8) is 0 Å². The van der Waals surface area contributed by atoms with Crippen LogP contribution in [0.25, 0.3) is 0 Å². The van der Waals surface area contributed by atoms with Gasteiger partial charge in [0.2, 0.25) is 0 Å². The predicted octanol–water partition coefficient (Wildman–Crippen LogP) is 2.11. The van der Waals surface area contributed by atoms with E-state index in [1.807, 2.05) is 11.8 Å². The third kappa shape index (κ3) is 1.78. The summed E-state index contributed by atoms with van der Waals surface area (Å²) in [6, 6.07) is 0. The average Bonchev–Trinajstić information content (AvgIpc) is 2.14. The lowest BCUT2D eigenvalue weighted by atomic mass is 11.0. The van der Waals surface area contributed by atoms with Crippen LogP contribution in [-0.4, -0.2) is 21.7 Å². The molecule has 1 rings (SSSR count). The van der Waals surface area contributed by atoms with Crippen molar-refractivity contribution >= 4 is 35.3 Å². The molecule has 0 aliphatic carbocycles. The summed E-state index contributed by atoms with van der Waals surface area (Å²) in [6.45, 7) is 0. The van der Waals surface area contributed by atoms with Crippen LogP contribution in [0.3, 0.4) is 0 Å². The zero-order valence-corrected chi connectivity index (χ0v) is 6.67.